The summed E-state index contributed by atoms with van der Waals surface area (Å²) in [6, 6.07) is 17.1. The maximum Gasteiger partial charge on any atom is 0.243 e. The molecule has 4 heteroatoms. The highest BCUT2D eigenvalue weighted by Crippen LogP contribution is 2.32. The lowest BCUT2D eigenvalue weighted by molar-refractivity contribution is 0.373. The van der Waals surface area contributed by atoms with Crippen molar-refractivity contribution in [3.8, 4) is 11.1 Å². The second kappa shape index (κ2) is 6.23. The van der Waals surface area contributed by atoms with Crippen LogP contribution in [0.25, 0.3) is 11.1 Å². The molecule has 1 aliphatic rings. The van der Waals surface area contributed by atoms with Crippen molar-refractivity contribution in [3.05, 3.63) is 54.6 Å². The lowest BCUT2D eigenvalue weighted by Crippen LogP contribution is -2.35. The molecule has 1 aliphatic carbocycles. The van der Waals surface area contributed by atoms with Gasteiger partial charge in [0.25, 0.3) is 0 Å². The van der Waals surface area contributed by atoms with E-state index in [-0.39, 0.29) is 6.04 Å². The zero-order valence-corrected chi connectivity index (χ0v) is 13.6. The molecule has 116 valence electrons. The van der Waals surface area contributed by atoms with Gasteiger partial charge in [-0.1, -0.05) is 61.4 Å². The number of hydrogen-bond donors (Lipinski definition) is 0. The molecule has 3 nitrogen and oxygen atoms in total. The molecule has 1 saturated carbocycles. The molecule has 1 fully saturated rings. The molecule has 0 saturated heterocycles. The fourth-order valence-corrected chi connectivity index (χ4v) is 4.79. The van der Waals surface area contributed by atoms with Gasteiger partial charge in [0.15, 0.2) is 0 Å². The summed E-state index contributed by atoms with van der Waals surface area (Å²) in [6.45, 7) is 0. The average Bonchev–Trinajstić information content (AvgIpc) is 3.09. The number of sulfonamides is 1. The summed E-state index contributed by atoms with van der Waals surface area (Å²) in [7, 11) is -1.75. The monoisotopic (exact) mass is 315 g/mol. The van der Waals surface area contributed by atoms with Gasteiger partial charge in [0.1, 0.15) is 0 Å². The molecule has 0 spiro atoms. The Bertz CT molecular complexity index is 735. The SMILES string of the molecule is CN(C1CCCC1)S(=O)(=O)c1ccccc1-c1ccccc1. The number of nitrogens with zero attached hydrogens (tertiary/aromatic N) is 1. The van der Waals surface area contributed by atoms with Crippen LogP contribution in [0.5, 0.6) is 0 Å². The van der Waals surface area contributed by atoms with Gasteiger partial charge in [-0.2, -0.15) is 4.31 Å². The minimum Gasteiger partial charge on any atom is -0.207 e. The van der Waals surface area contributed by atoms with Gasteiger partial charge in [-0.3, -0.25) is 0 Å². The van der Waals surface area contributed by atoms with Gasteiger partial charge < -0.3 is 0 Å². The fraction of sp³-hybridized carbons (Fsp3) is 0.333. The molecule has 22 heavy (non-hydrogen) atoms. The lowest BCUT2D eigenvalue weighted by atomic mass is 10.1. The van der Waals surface area contributed by atoms with Crippen LogP contribution < -0.4 is 0 Å². The fourth-order valence-electron chi connectivity index (χ4n) is 3.17. The second-order valence-electron chi connectivity index (χ2n) is 5.82. The highest BCUT2D eigenvalue weighted by Gasteiger charge is 2.31. The second-order valence-corrected chi connectivity index (χ2v) is 7.79. The maximum absolute atomic E-state index is 13.0. The van der Waals surface area contributed by atoms with E-state index in [2.05, 4.69) is 0 Å². The van der Waals surface area contributed by atoms with Crippen LogP contribution in [0.3, 0.4) is 0 Å². The van der Waals surface area contributed by atoms with E-state index in [1.54, 1.807) is 23.5 Å². The van der Waals surface area contributed by atoms with Gasteiger partial charge in [-0.25, -0.2) is 8.42 Å². The smallest absolute Gasteiger partial charge is 0.207 e. The third-order valence-electron chi connectivity index (χ3n) is 4.47. The van der Waals surface area contributed by atoms with Gasteiger partial charge in [-0.05, 0) is 24.5 Å². The van der Waals surface area contributed by atoms with Gasteiger partial charge >= 0.3 is 0 Å². The van der Waals surface area contributed by atoms with E-state index in [0.29, 0.717) is 4.90 Å². The molecule has 2 aromatic carbocycles. The Hall–Kier alpha value is -1.65. The van der Waals surface area contributed by atoms with E-state index < -0.39 is 10.0 Å². The van der Waals surface area contributed by atoms with Crippen LogP contribution in [0.2, 0.25) is 0 Å². The Morgan fingerprint density at radius 3 is 2.18 bits per heavy atom. The summed E-state index contributed by atoms with van der Waals surface area (Å²) in [5.74, 6) is 0. The summed E-state index contributed by atoms with van der Waals surface area (Å²) in [4.78, 5) is 0.399. The molecule has 0 unspecified atom stereocenters. The van der Waals surface area contributed by atoms with Gasteiger partial charge in [0, 0.05) is 18.7 Å². The van der Waals surface area contributed by atoms with E-state index in [1.165, 1.54) is 0 Å². The Labute approximate surface area is 132 Å². The standard InChI is InChI=1S/C18H21NO2S/c1-19(16-11-5-6-12-16)22(20,21)18-14-8-7-13-17(18)15-9-3-2-4-10-15/h2-4,7-10,13-14,16H,5-6,11-12H2,1H3. The summed E-state index contributed by atoms with van der Waals surface area (Å²) in [5, 5.41) is 0. The molecule has 0 atom stereocenters. The Morgan fingerprint density at radius 2 is 1.50 bits per heavy atom. The van der Waals surface area contributed by atoms with Crippen molar-refractivity contribution in [2.75, 3.05) is 7.05 Å². The van der Waals surface area contributed by atoms with E-state index >= 15 is 0 Å². The molecule has 0 heterocycles. The topological polar surface area (TPSA) is 37.4 Å². The summed E-state index contributed by atoms with van der Waals surface area (Å²) >= 11 is 0. The predicted octanol–water partition coefficient (Wildman–Crippen LogP) is 3.92. The van der Waals surface area contributed by atoms with Crippen molar-refractivity contribution in [1.82, 2.24) is 4.31 Å². The zero-order valence-electron chi connectivity index (χ0n) is 12.8. The molecule has 0 aromatic heterocycles. The first-order valence-electron chi connectivity index (χ1n) is 7.73. The van der Waals surface area contributed by atoms with E-state index in [4.69, 9.17) is 0 Å². The highest BCUT2D eigenvalue weighted by molar-refractivity contribution is 7.89. The average molecular weight is 315 g/mol. The molecular weight excluding hydrogens is 294 g/mol. The van der Waals surface area contributed by atoms with Crippen molar-refractivity contribution in [2.24, 2.45) is 0 Å². The van der Waals surface area contributed by atoms with Crippen LogP contribution in [0.1, 0.15) is 25.7 Å². The molecule has 2 aromatic rings. The van der Waals surface area contributed by atoms with Crippen LogP contribution in [0, 0.1) is 0 Å². The predicted molar refractivity (Wildman–Crippen MR) is 89.1 cm³/mol. The van der Waals surface area contributed by atoms with Crippen LogP contribution in [-0.2, 0) is 10.0 Å². The van der Waals surface area contributed by atoms with Crippen molar-refractivity contribution < 1.29 is 8.42 Å². The first-order chi connectivity index (χ1) is 10.6. The minimum absolute atomic E-state index is 0.133. The molecule has 0 aliphatic heterocycles. The normalized spacial score (nSPS) is 16.3. The lowest BCUT2D eigenvalue weighted by Gasteiger charge is -2.25. The molecular formula is C18H21NO2S. The van der Waals surface area contributed by atoms with Gasteiger partial charge in [0.2, 0.25) is 10.0 Å². The summed E-state index contributed by atoms with van der Waals surface area (Å²) < 4.78 is 27.6. The Kier molecular flexibility index (Phi) is 4.32. The summed E-state index contributed by atoms with van der Waals surface area (Å²) in [5.41, 5.74) is 1.70. The molecule has 0 N–H and O–H groups in total. The molecule has 0 bridgehead atoms. The first-order valence-corrected chi connectivity index (χ1v) is 9.17. The number of hydrogen-bond acceptors (Lipinski definition) is 2. The maximum atomic E-state index is 13.0. The highest BCUT2D eigenvalue weighted by atomic mass is 32.2. The van der Waals surface area contributed by atoms with Crippen LogP contribution in [0.15, 0.2) is 59.5 Å². The van der Waals surface area contributed by atoms with Gasteiger partial charge in [-0.15, -0.1) is 0 Å². The Balaban J connectivity index is 2.04. The van der Waals surface area contributed by atoms with Gasteiger partial charge in [0.05, 0.1) is 4.90 Å². The van der Waals surface area contributed by atoms with Crippen molar-refractivity contribution in [1.29, 1.82) is 0 Å². The van der Waals surface area contributed by atoms with Crippen molar-refractivity contribution in [2.45, 2.75) is 36.6 Å². The zero-order chi connectivity index (χ0) is 15.6. The van der Waals surface area contributed by atoms with Crippen LogP contribution in [0.4, 0.5) is 0 Å². The molecule has 3 rings (SSSR count). The third kappa shape index (κ3) is 2.81. The van der Waals surface area contributed by atoms with Crippen molar-refractivity contribution >= 4 is 10.0 Å². The van der Waals surface area contributed by atoms with Crippen molar-refractivity contribution in [3.63, 3.8) is 0 Å². The largest absolute Gasteiger partial charge is 0.243 e. The van der Waals surface area contributed by atoms with E-state index in [1.807, 2.05) is 42.5 Å². The third-order valence-corrected chi connectivity index (χ3v) is 6.44. The molecule has 0 amide bonds. The quantitative estimate of drug-likeness (QED) is 0.857. The summed E-state index contributed by atoms with van der Waals surface area (Å²) in [6.07, 6.45) is 4.15. The van der Waals surface area contributed by atoms with E-state index in [9.17, 15) is 8.42 Å². The van der Waals surface area contributed by atoms with E-state index in [0.717, 1.165) is 36.8 Å². The number of rotatable bonds is 4. The number of benzene rings is 2. The first kappa shape index (κ1) is 15.3. The molecule has 0 radical (unpaired) electrons. The van der Waals surface area contributed by atoms with Crippen LogP contribution >= 0.6 is 0 Å². The minimum atomic E-state index is -3.47. The van der Waals surface area contributed by atoms with Crippen LogP contribution in [-0.4, -0.2) is 25.8 Å². The Morgan fingerprint density at radius 1 is 0.909 bits per heavy atom.